The van der Waals surface area contributed by atoms with Gasteiger partial charge in [0.15, 0.2) is 0 Å². The second-order valence-corrected chi connectivity index (χ2v) is 3.67. The maximum absolute atomic E-state index is 5.53. The van der Waals surface area contributed by atoms with Crippen molar-refractivity contribution < 1.29 is 0 Å². The van der Waals surface area contributed by atoms with Gasteiger partial charge in [0.1, 0.15) is 0 Å². The van der Waals surface area contributed by atoms with Gasteiger partial charge < -0.3 is 0 Å². The van der Waals surface area contributed by atoms with E-state index in [0.717, 1.165) is 12.0 Å². The highest BCUT2D eigenvalue weighted by Gasteiger charge is 1.94. The smallest absolute Gasteiger partial charge is 0.0381 e. The topological polar surface area (TPSA) is 0 Å². The van der Waals surface area contributed by atoms with Crippen LogP contribution in [0.1, 0.15) is 12.0 Å². The van der Waals surface area contributed by atoms with Crippen LogP contribution in [0.5, 0.6) is 0 Å². The molecular weight excluding hydrogens is 200 g/mol. The van der Waals surface area contributed by atoms with Crippen LogP contribution < -0.4 is 0 Å². The summed E-state index contributed by atoms with van der Waals surface area (Å²) in [5.74, 6) is 6.75. The third-order valence-electron chi connectivity index (χ3n) is 1.55. The number of thioether (sulfide) groups is 1. The van der Waals surface area contributed by atoms with Crippen molar-refractivity contribution in [2.24, 2.45) is 0 Å². The zero-order valence-corrected chi connectivity index (χ0v) is 9.08. The average Bonchev–Trinajstić information content (AvgIpc) is 2.19. The average molecular weight is 211 g/mol. The second-order valence-electron chi connectivity index (χ2n) is 2.44. The van der Waals surface area contributed by atoms with Gasteiger partial charge in [0.25, 0.3) is 0 Å². The van der Waals surface area contributed by atoms with E-state index < -0.39 is 0 Å². The maximum Gasteiger partial charge on any atom is 0.0381 e. The molecule has 0 atom stereocenters. The Morgan fingerprint density at radius 2 is 2.15 bits per heavy atom. The molecule has 0 bridgehead atoms. The van der Waals surface area contributed by atoms with Gasteiger partial charge in [0.05, 0.1) is 0 Å². The largest absolute Gasteiger partial charge is 0.128 e. The number of rotatable bonds is 2. The molecule has 0 heterocycles. The van der Waals surface area contributed by atoms with Crippen LogP contribution in [0.3, 0.4) is 0 Å². The van der Waals surface area contributed by atoms with Gasteiger partial charge in [-0.25, -0.2) is 0 Å². The Hall–Kier alpha value is -0.580. The third kappa shape index (κ3) is 3.34. The molecule has 0 radical (unpaired) electrons. The Morgan fingerprint density at radius 3 is 2.85 bits per heavy atom. The van der Waals surface area contributed by atoms with Gasteiger partial charge in [-0.3, -0.25) is 0 Å². The highest BCUT2D eigenvalue weighted by atomic mass is 35.5. The number of hydrogen-bond donors (Lipinski definition) is 0. The predicted octanol–water partition coefficient (Wildman–Crippen LogP) is 3.39. The Morgan fingerprint density at radius 1 is 1.38 bits per heavy atom. The summed E-state index contributed by atoms with van der Waals surface area (Å²) < 4.78 is 0. The van der Waals surface area contributed by atoms with E-state index in [9.17, 15) is 0 Å². The zero-order chi connectivity index (χ0) is 9.52. The van der Waals surface area contributed by atoms with Crippen molar-refractivity contribution in [3.05, 3.63) is 29.8 Å². The first kappa shape index (κ1) is 10.5. The van der Waals surface area contributed by atoms with Crippen molar-refractivity contribution in [3.8, 4) is 11.8 Å². The van der Waals surface area contributed by atoms with E-state index in [-0.39, 0.29) is 0 Å². The Bertz CT molecular complexity index is 322. The molecule has 68 valence electrons. The molecule has 0 unspecified atom stereocenters. The van der Waals surface area contributed by atoms with E-state index in [1.807, 2.05) is 18.2 Å². The molecule has 13 heavy (non-hydrogen) atoms. The van der Waals surface area contributed by atoms with Crippen molar-refractivity contribution in [2.75, 3.05) is 12.1 Å². The number of hydrogen-bond acceptors (Lipinski definition) is 1. The molecule has 1 aromatic carbocycles. The molecule has 0 aromatic heterocycles. The number of benzene rings is 1. The molecule has 0 aliphatic heterocycles. The summed E-state index contributed by atoms with van der Waals surface area (Å²) in [6.07, 6.45) is 2.81. The molecule has 0 fully saturated rings. The van der Waals surface area contributed by atoms with E-state index in [2.05, 4.69) is 24.2 Å². The van der Waals surface area contributed by atoms with Crippen molar-refractivity contribution in [1.29, 1.82) is 0 Å². The van der Waals surface area contributed by atoms with Crippen LogP contribution in [0.4, 0.5) is 0 Å². The van der Waals surface area contributed by atoms with Crippen LogP contribution in [0.25, 0.3) is 0 Å². The lowest BCUT2D eigenvalue weighted by Gasteiger charge is -1.98. The minimum atomic E-state index is 0.606. The van der Waals surface area contributed by atoms with E-state index in [0.29, 0.717) is 5.88 Å². The van der Waals surface area contributed by atoms with E-state index in [1.54, 1.807) is 11.8 Å². The molecular formula is C11H11ClS. The van der Waals surface area contributed by atoms with Crippen molar-refractivity contribution in [2.45, 2.75) is 11.3 Å². The third-order valence-corrected chi connectivity index (χ3v) is 2.53. The molecule has 1 rings (SSSR count). The monoisotopic (exact) mass is 210 g/mol. The standard InChI is InChI=1S/C11H11ClS/c1-13-11-8-3-2-6-10(11)7-4-5-9-12/h2-3,6,8H,5,9H2,1H3. The quantitative estimate of drug-likeness (QED) is 0.410. The SMILES string of the molecule is CSc1ccccc1C#CCCCl. The lowest BCUT2D eigenvalue weighted by atomic mass is 10.2. The zero-order valence-electron chi connectivity index (χ0n) is 7.51. The number of alkyl halides is 1. The van der Waals surface area contributed by atoms with Crippen molar-refractivity contribution in [3.63, 3.8) is 0 Å². The van der Waals surface area contributed by atoms with Gasteiger partial charge >= 0.3 is 0 Å². The van der Waals surface area contributed by atoms with Crippen LogP contribution in [0, 0.1) is 11.8 Å². The van der Waals surface area contributed by atoms with Gasteiger partial charge in [-0.05, 0) is 18.4 Å². The summed E-state index contributed by atoms with van der Waals surface area (Å²) >= 11 is 7.25. The van der Waals surface area contributed by atoms with Crippen molar-refractivity contribution in [1.82, 2.24) is 0 Å². The van der Waals surface area contributed by atoms with E-state index >= 15 is 0 Å². The fourth-order valence-electron chi connectivity index (χ4n) is 0.953. The molecule has 0 amide bonds. The second kappa shape index (κ2) is 5.96. The summed E-state index contributed by atoms with van der Waals surface area (Å²) in [6.45, 7) is 0. The van der Waals surface area contributed by atoms with Crippen LogP contribution in [0.15, 0.2) is 29.2 Å². The minimum absolute atomic E-state index is 0.606. The summed E-state index contributed by atoms with van der Waals surface area (Å²) in [5, 5.41) is 0. The van der Waals surface area contributed by atoms with Gasteiger partial charge in [-0.1, -0.05) is 24.0 Å². The fraction of sp³-hybridized carbons (Fsp3) is 0.273. The first-order valence-electron chi connectivity index (χ1n) is 4.06. The van der Waals surface area contributed by atoms with Crippen molar-refractivity contribution >= 4 is 23.4 Å². The van der Waals surface area contributed by atoms with Crippen LogP contribution in [-0.4, -0.2) is 12.1 Å². The van der Waals surface area contributed by atoms with Gasteiger partial charge in [-0.2, -0.15) is 0 Å². The maximum atomic E-state index is 5.53. The lowest BCUT2D eigenvalue weighted by Crippen LogP contribution is -1.79. The molecule has 0 aliphatic carbocycles. The minimum Gasteiger partial charge on any atom is -0.128 e. The summed E-state index contributed by atoms with van der Waals surface area (Å²) in [6, 6.07) is 8.14. The summed E-state index contributed by atoms with van der Waals surface area (Å²) in [7, 11) is 0. The Kier molecular flexibility index (Phi) is 4.82. The fourth-order valence-corrected chi connectivity index (χ4v) is 1.60. The molecule has 0 saturated heterocycles. The van der Waals surface area contributed by atoms with Gasteiger partial charge in [0, 0.05) is 22.8 Å². The molecule has 0 nitrogen and oxygen atoms in total. The molecule has 0 spiro atoms. The summed E-state index contributed by atoms with van der Waals surface area (Å²) in [5.41, 5.74) is 1.10. The predicted molar refractivity (Wildman–Crippen MR) is 60.4 cm³/mol. The molecule has 0 N–H and O–H groups in total. The number of halogens is 1. The molecule has 0 saturated carbocycles. The van der Waals surface area contributed by atoms with Crippen LogP contribution in [0.2, 0.25) is 0 Å². The highest BCUT2D eigenvalue weighted by Crippen LogP contribution is 2.18. The highest BCUT2D eigenvalue weighted by molar-refractivity contribution is 7.98. The van der Waals surface area contributed by atoms with E-state index in [4.69, 9.17) is 11.6 Å². The lowest BCUT2D eigenvalue weighted by molar-refractivity contribution is 1.28. The summed E-state index contributed by atoms with van der Waals surface area (Å²) in [4.78, 5) is 1.23. The molecule has 1 aromatic rings. The first-order valence-corrected chi connectivity index (χ1v) is 5.82. The van der Waals surface area contributed by atoms with Gasteiger partial charge in [-0.15, -0.1) is 23.4 Å². The van der Waals surface area contributed by atoms with E-state index in [1.165, 1.54) is 4.90 Å². The Balaban J connectivity index is 2.82. The molecule has 0 aliphatic rings. The Labute approximate surface area is 88.7 Å². The first-order chi connectivity index (χ1) is 6.38. The molecule has 2 heteroatoms. The van der Waals surface area contributed by atoms with Crippen LogP contribution in [-0.2, 0) is 0 Å². The van der Waals surface area contributed by atoms with Crippen LogP contribution >= 0.6 is 23.4 Å². The van der Waals surface area contributed by atoms with Gasteiger partial charge in [0.2, 0.25) is 0 Å². The normalized spacial score (nSPS) is 9.08.